The van der Waals surface area contributed by atoms with E-state index in [1.165, 1.54) is 12.1 Å². The standard InChI is InChI=1S/C20H27FN4O2S/c1-2-17-12-23(9-11-27-17)14-25-20(28)24(13-18-4-3-10-26-18)19(22-25)15-5-7-16(21)8-6-15/h5-8,17-18H,2-4,9-14H2,1H3/t17-,18-/m1/s1. The highest BCUT2D eigenvalue weighted by molar-refractivity contribution is 7.71. The normalized spacial score (nSPS) is 23.4. The van der Waals surface area contributed by atoms with Gasteiger partial charge < -0.3 is 9.47 Å². The second-order valence-electron chi connectivity index (χ2n) is 7.48. The molecule has 8 heteroatoms. The molecule has 0 amide bonds. The number of hydrogen-bond acceptors (Lipinski definition) is 5. The van der Waals surface area contributed by atoms with E-state index in [-0.39, 0.29) is 18.0 Å². The van der Waals surface area contributed by atoms with E-state index < -0.39 is 0 Å². The number of ether oxygens (including phenoxy) is 2. The van der Waals surface area contributed by atoms with Crippen molar-refractivity contribution in [1.29, 1.82) is 0 Å². The van der Waals surface area contributed by atoms with Crippen LogP contribution in [0.4, 0.5) is 4.39 Å². The average molecular weight is 407 g/mol. The molecule has 152 valence electrons. The Bertz CT molecular complexity index is 845. The molecule has 2 atom stereocenters. The van der Waals surface area contributed by atoms with Gasteiger partial charge in [0.2, 0.25) is 0 Å². The molecular formula is C20H27FN4O2S. The van der Waals surface area contributed by atoms with Crippen molar-refractivity contribution < 1.29 is 13.9 Å². The molecule has 28 heavy (non-hydrogen) atoms. The molecule has 2 fully saturated rings. The predicted molar refractivity (Wildman–Crippen MR) is 107 cm³/mol. The summed E-state index contributed by atoms with van der Waals surface area (Å²) in [5, 5.41) is 4.81. The van der Waals surface area contributed by atoms with Crippen molar-refractivity contribution in [2.75, 3.05) is 26.3 Å². The Morgan fingerprint density at radius 1 is 1.18 bits per heavy atom. The Morgan fingerprint density at radius 3 is 2.68 bits per heavy atom. The van der Waals surface area contributed by atoms with Crippen molar-refractivity contribution in [2.45, 2.75) is 51.6 Å². The maximum absolute atomic E-state index is 13.4. The van der Waals surface area contributed by atoms with Crippen LogP contribution in [0.3, 0.4) is 0 Å². The second kappa shape index (κ2) is 8.82. The largest absolute Gasteiger partial charge is 0.376 e. The second-order valence-corrected chi connectivity index (χ2v) is 7.84. The van der Waals surface area contributed by atoms with Gasteiger partial charge in [-0.2, -0.15) is 5.10 Å². The van der Waals surface area contributed by atoms with Crippen LogP contribution in [0.15, 0.2) is 24.3 Å². The SMILES string of the molecule is CC[C@@H]1CN(Cn2nc(-c3ccc(F)cc3)n(C[C@H]3CCCO3)c2=S)CCO1. The van der Waals surface area contributed by atoms with Crippen LogP contribution < -0.4 is 0 Å². The molecule has 2 aliphatic heterocycles. The van der Waals surface area contributed by atoms with E-state index in [0.29, 0.717) is 18.0 Å². The van der Waals surface area contributed by atoms with E-state index in [1.807, 2.05) is 9.25 Å². The minimum atomic E-state index is -0.258. The monoisotopic (exact) mass is 406 g/mol. The van der Waals surface area contributed by atoms with Crippen LogP contribution in [0.25, 0.3) is 11.4 Å². The summed E-state index contributed by atoms with van der Waals surface area (Å²) in [6.07, 6.45) is 3.50. The zero-order valence-corrected chi connectivity index (χ0v) is 17.0. The fourth-order valence-electron chi connectivity index (χ4n) is 3.85. The molecule has 2 saturated heterocycles. The molecule has 3 heterocycles. The van der Waals surface area contributed by atoms with Crippen molar-refractivity contribution in [3.63, 3.8) is 0 Å². The van der Waals surface area contributed by atoms with Gasteiger partial charge in [-0.25, -0.2) is 9.07 Å². The third-order valence-electron chi connectivity index (χ3n) is 5.45. The number of halogens is 1. The molecule has 0 radical (unpaired) electrons. The van der Waals surface area contributed by atoms with Gasteiger partial charge in [-0.15, -0.1) is 0 Å². The van der Waals surface area contributed by atoms with Gasteiger partial charge in [0.1, 0.15) is 5.82 Å². The lowest BCUT2D eigenvalue weighted by molar-refractivity contribution is -0.0412. The molecule has 0 N–H and O–H groups in total. The van der Waals surface area contributed by atoms with Crippen molar-refractivity contribution in [2.24, 2.45) is 0 Å². The van der Waals surface area contributed by atoms with Crippen molar-refractivity contribution in [3.05, 3.63) is 34.9 Å². The first-order valence-corrected chi connectivity index (χ1v) is 10.4. The fourth-order valence-corrected chi connectivity index (χ4v) is 4.11. The topological polar surface area (TPSA) is 44.5 Å². The highest BCUT2D eigenvalue weighted by atomic mass is 32.1. The Hall–Kier alpha value is -1.61. The molecule has 1 aromatic heterocycles. The molecule has 0 aliphatic carbocycles. The lowest BCUT2D eigenvalue weighted by Gasteiger charge is -2.32. The average Bonchev–Trinajstić information content (AvgIpc) is 3.33. The summed E-state index contributed by atoms with van der Waals surface area (Å²) in [7, 11) is 0. The van der Waals surface area contributed by atoms with Crippen LogP contribution in [0.1, 0.15) is 26.2 Å². The summed E-state index contributed by atoms with van der Waals surface area (Å²) in [6, 6.07) is 6.43. The molecular weight excluding hydrogens is 379 g/mol. The first-order valence-electron chi connectivity index (χ1n) is 10.0. The number of aromatic nitrogens is 3. The maximum atomic E-state index is 13.4. The maximum Gasteiger partial charge on any atom is 0.199 e. The number of nitrogens with zero attached hydrogens (tertiary/aromatic N) is 4. The van der Waals surface area contributed by atoms with Gasteiger partial charge in [-0.05, 0) is 55.7 Å². The van der Waals surface area contributed by atoms with Crippen LogP contribution in [0.5, 0.6) is 0 Å². The highest BCUT2D eigenvalue weighted by Gasteiger charge is 2.23. The van der Waals surface area contributed by atoms with E-state index >= 15 is 0 Å². The third-order valence-corrected chi connectivity index (χ3v) is 5.88. The number of benzene rings is 1. The van der Waals surface area contributed by atoms with Crippen molar-refractivity contribution in [3.8, 4) is 11.4 Å². The van der Waals surface area contributed by atoms with Crippen LogP contribution in [-0.4, -0.2) is 57.8 Å². The van der Waals surface area contributed by atoms with Crippen LogP contribution >= 0.6 is 12.2 Å². The summed E-state index contributed by atoms with van der Waals surface area (Å²) < 4.78 is 29.6. The Labute approximate surface area is 169 Å². The lowest BCUT2D eigenvalue weighted by atomic mass is 10.2. The van der Waals surface area contributed by atoms with Crippen LogP contribution in [0, 0.1) is 10.6 Å². The van der Waals surface area contributed by atoms with E-state index in [4.69, 9.17) is 26.8 Å². The first-order chi connectivity index (χ1) is 13.6. The fraction of sp³-hybridized carbons (Fsp3) is 0.600. The van der Waals surface area contributed by atoms with Crippen LogP contribution in [0.2, 0.25) is 0 Å². The summed E-state index contributed by atoms with van der Waals surface area (Å²) in [5.41, 5.74) is 0.859. The number of rotatable bonds is 6. The number of hydrogen-bond donors (Lipinski definition) is 0. The third kappa shape index (κ3) is 4.35. The van der Waals surface area contributed by atoms with Gasteiger partial charge in [-0.1, -0.05) is 6.92 Å². The highest BCUT2D eigenvalue weighted by Crippen LogP contribution is 2.23. The molecule has 6 nitrogen and oxygen atoms in total. The smallest absolute Gasteiger partial charge is 0.199 e. The van der Waals surface area contributed by atoms with Gasteiger partial charge in [0.15, 0.2) is 10.6 Å². The molecule has 0 bridgehead atoms. The molecule has 0 spiro atoms. The minimum Gasteiger partial charge on any atom is -0.376 e. The summed E-state index contributed by atoms with van der Waals surface area (Å²) in [4.78, 5) is 2.32. The molecule has 0 saturated carbocycles. The molecule has 4 rings (SSSR count). The van der Waals surface area contributed by atoms with E-state index in [2.05, 4.69) is 11.8 Å². The molecule has 2 aromatic rings. The quantitative estimate of drug-likeness (QED) is 0.688. The first kappa shape index (κ1) is 19.7. The Balaban J connectivity index is 1.63. The number of morpholine rings is 1. The Kier molecular flexibility index (Phi) is 6.20. The van der Waals surface area contributed by atoms with E-state index in [9.17, 15) is 4.39 Å². The summed E-state index contributed by atoms with van der Waals surface area (Å²) in [6.45, 7) is 6.71. The summed E-state index contributed by atoms with van der Waals surface area (Å²) >= 11 is 5.78. The predicted octanol–water partition coefficient (Wildman–Crippen LogP) is 3.47. The molecule has 2 aliphatic rings. The van der Waals surface area contributed by atoms with E-state index in [1.54, 1.807) is 12.1 Å². The summed E-state index contributed by atoms with van der Waals surface area (Å²) in [5.74, 6) is 0.507. The molecule has 0 unspecified atom stereocenters. The van der Waals surface area contributed by atoms with Crippen molar-refractivity contribution in [1.82, 2.24) is 19.2 Å². The Morgan fingerprint density at radius 2 is 1.96 bits per heavy atom. The van der Waals surface area contributed by atoms with Gasteiger partial charge in [0, 0.05) is 25.3 Å². The van der Waals surface area contributed by atoms with Gasteiger partial charge in [0.05, 0.1) is 32.0 Å². The van der Waals surface area contributed by atoms with Gasteiger partial charge in [0.25, 0.3) is 0 Å². The van der Waals surface area contributed by atoms with Gasteiger partial charge >= 0.3 is 0 Å². The minimum absolute atomic E-state index is 0.149. The van der Waals surface area contributed by atoms with Crippen molar-refractivity contribution >= 4 is 12.2 Å². The van der Waals surface area contributed by atoms with Crippen LogP contribution in [-0.2, 0) is 22.7 Å². The van der Waals surface area contributed by atoms with E-state index in [0.717, 1.165) is 57.0 Å². The zero-order chi connectivity index (χ0) is 19.5. The lowest BCUT2D eigenvalue weighted by Crippen LogP contribution is -2.43. The zero-order valence-electron chi connectivity index (χ0n) is 16.2. The van der Waals surface area contributed by atoms with Gasteiger partial charge in [-0.3, -0.25) is 9.47 Å². The molecule has 1 aromatic carbocycles.